The number of nitrogens with zero attached hydrogens (tertiary/aromatic N) is 1. The van der Waals surface area contributed by atoms with Crippen molar-refractivity contribution >= 4 is 34.2 Å². The van der Waals surface area contributed by atoms with Gasteiger partial charge in [0.15, 0.2) is 0 Å². The van der Waals surface area contributed by atoms with Gasteiger partial charge in [0.1, 0.15) is 12.4 Å². The normalized spacial score (nSPS) is 10.5. The minimum Gasteiger partial charge on any atom is -0.489 e. The molecule has 0 atom stereocenters. The zero-order valence-corrected chi connectivity index (χ0v) is 15.6. The summed E-state index contributed by atoms with van der Waals surface area (Å²) in [6.45, 7) is 6.03. The summed E-state index contributed by atoms with van der Waals surface area (Å²) in [5.41, 5.74) is 3.46. The van der Waals surface area contributed by atoms with E-state index >= 15 is 0 Å². The highest BCUT2D eigenvalue weighted by Crippen LogP contribution is 2.26. The van der Waals surface area contributed by atoms with Crippen LogP contribution in [0.5, 0.6) is 5.75 Å². The maximum absolute atomic E-state index is 11.8. The number of rotatable bonds is 5. The number of hydrogen-bond donors (Lipinski definition) is 1. The summed E-state index contributed by atoms with van der Waals surface area (Å²) in [6, 6.07) is 11.6. The molecule has 0 radical (unpaired) electrons. The molecule has 0 heterocycles. The Morgan fingerprint density at radius 3 is 2.61 bits per heavy atom. The van der Waals surface area contributed by atoms with Gasteiger partial charge in [-0.05, 0) is 60.2 Å². The number of aryl methyl sites for hydroxylation is 2. The Morgan fingerprint density at radius 1 is 1.22 bits per heavy atom. The number of carbonyl (C=O) groups is 1. The number of halogens is 1. The van der Waals surface area contributed by atoms with Crippen molar-refractivity contribution in [2.75, 3.05) is 5.06 Å². The molecular weight excluding hydrogens is 405 g/mol. The molecule has 4 nitrogen and oxygen atoms in total. The summed E-state index contributed by atoms with van der Waals surface area (Å²) in [5.74, 6) is 0.450. The summed E-state index contributed by atoms with van der Waals surface area (Å²) in [6.07, 6.45) is 0.235. The molecule has 0 aliphatic rings. The predicted molar refractivity (Wildman–Crippen MR) is 99.0 cm³/mol. The van der Waals surface area contributed by atoms with Crippen LogP contribution in [-0.4, -0.2) is 11.1 Å². The molecule has 0 fully saturated rings. The van der Waals surface area contributed by atoms with Gasteiger partial charge in [-0.25, -0.2) is 0 Å². The number of carbonyl (C=O) groups excluding carboxylic acids is 1. The van der Waals surface area contributed by atoms with Crippen molar-refractivity contribution in [3.8, 4) is 5.75 Å². The Bertz CT molecular complexity index is 715. The first-order valence-corrected chi connectivity index (χ1v) is 8.50. The number of amides is 1. The Kier molecular flexibility index (Phi) is 6.01. The van der Waals surface area contributed by atoms with E-state index in [1.807, 2.05) is 38.1 Å². The van der Waals surface area contributed by atoms with Crippen LogP contribution in [0.4, 0.5) is 5.69 Å². The first kappa shape index (κ1) is 17.7. The quantitative estimate of drug-likeness (QED) is 0.432. The van der Waals surface area contributed by atoms with Crippen LogP contribution in [0.1, 0.15) is 30.0 Å². The fourth-order valence-corrected chi connectivity index (χ4v) is 2.73. The van der Waals surface area contributed by atoms with Gasteiger partial charge in [-0.1, -0.05) is 30.7 Å². The molecule has 0 aliphatic heterocycles. The summed E-state index contributed by atoms with van der Waals surface area (Å²) < 4.78 is 6.81. The fourth-order valence-electron chi connectivity index (χ4n) is 2.26. The van der Waals surface area contributed by atoms with Gasteiger partial charge in [0.25, 0.3) is 0 Å². The minimum absolute atomic E-state index is 0.235. The molecule has 23 heavy (non-hydrogen) atoms. The van der Waals surface area contributed by atoms with E-state index in [0.717, 1.165) is 20.4 Å². The van der Waals surface area contributed by atoms with E-state index in [9.17, 15) is 10.0 Å². The number of ether oxygens (including phenoxy) is 1. The molecule has 2 rings (SSSR count). The lowest BCUT2D eigenvalue weighted by atomic mass is 10.1. The van der Waals surface area contributed by atoms with Gasteiger partial charge < -0.3 is 4.74 Å². The number of hydrogen-bond acceptors (Lipinski definition) is 3. The van der Waals surface area contributed by atoms with E-state index in [1.54, 1.807) is 13.0 Å². The smallest absolute Gasteiger partial charge is 0.250 e. The largest absolute Gasteiger partial charge is 0.489 e. The van der Waals surface area contributed by atoms with Crippen LogP contribution in [0.3, 0.4) is 0 Å². The third-order valence-electron chi connectivity index (χ3n) is 3.53. The van der Waals surface area contributed by atoms with Crippen molar-refractivity contribution in [2.45, 2.75) is 33.8 Å². The maximum Gasteiger partial charge on any atom is 0.250 e. The van der Waals surface area contributed by atoms with Crippen LogP contribution in [0.25, 0.3) is 0 Å². The Morgan fingerprint density at radius 2 is 1.96 bits per heavy atom. The zero-order valence-electron chi connectivity index (χ0n) is 13.5. The van der Waals surface area contributed by atoms with Crippen molar-refractivity contribution in [1.82, 2.24) is 0 Å². The molecule has 122 valence electrons. The van der Waals surface area contributed by atoms with Gasteiger partial charge in [-0.15, -0.1) is 0 Å². The number of hydroxylamine groups is 1. The predicted octanol–water partition coefficient (Wildman–Crippen LogP) is 4.62. The second-order valence-electron chi connectivity index (χ2n) is 5.39. The molecule has 2 aromatic rings. The molecule has 1 N–H and O–H groups in total. The lowest BCUT2D eigenvalue weighted by Crippen LogP contribution is -2.27. The van der Waals surface area contributed by atoms with Crippen LogP contribution in [0.15, 0.2) is 36.4 Å². The number of anilines is 1. The van der Waals surface area contributed by atoms with E-state index in [1.165, 1.54) is 5.56 Å². The van der Waals surface area contributed by atoms with Crippen molar-refractivity contribution in [3.63, 3.8) is 0 Å². The van der Waals surface area contributed by atoms with E-state index in [2.05, 4.69) is 28.7 Å². The van der Waals surface area contributed by atoms with Crippen molar-refractivity contribution in [3.05, 3.63) is 56.7 Å². The van der Waals surface area contributed by atoms with E-state index in [4.69, 9.17) is 4.74 Å². The van der Waals surface area contributed by atoms with E-state index in [-0.39, 0.29) is 18.9 Å². The summed E-state index contributed by atoms with van der Waals surface area (Å²) in [4.78, 5) is 11.8. The lowest BCUT2D eigenvalue weighted by molar-refractivity contribution is -0.123. The standard InChI is InChI=1S/C18H20INO3/c1-4-18(21)20(22)16-10-15(19)7-6-14(16)11-23-17-8-5-12(2)9-13(17)3/h5-10,22H,4,11H2,1-3H3. The SMILES string of the molecule is CCC(=O)N(O)c1cc(I)ccc1COc1ccc(C)cc1C. The van der Waals surface area contributed by atoms with Gasteiger partial charge in [0, 0.05) is 15.6 Å². The van der Waals surface area contributed by atoms with Crippen LogP contribution in [0.2, 0.25) is 0 Å². The fraction of sp³-hybridized carbons (Fsp3) is 0.278. The lowest BCUT2D eigenvalue weighted by Gasteiger charge is -2.19. The average molecular weight is 425 g/mol. The minimum atomic E-state index is -0.347. The Labute approximate surface area is 150 Å². The van der Waals surface area contributed by atoms with Gasteiger partial charge in [-0.2, -0.15) is 5.06 Å². The van der Waals surface area contributed by atoms with Crippen molar-refractivity contribution in [2.24, 2.45) is 0 Å². The maximum atomic E-state index is 11.8. The van der Waals surface area contributed by atoms with Crippen LogP contribution < -0.4 is 9.80 Å². The first-order chi connectivity index (χ1) is 10.9. The molecule has 0 saturated carbocycles. The molecular formula is C18H20INO3. The molecule has 0 aromatic heterocycles. The van der Waals surface area contributed by atoms with Crippen LogP contribution in [-0.2, 0) is 11.4 Å². The molecule has 5 heteroatoms. The molecule has 2 aromatic carbocycles. The summed E-state index contributed by atoms with van der Waals surface area (Å²) in [5, 5.41) is 10.8. The molecule has 0 spiro atoms. The monoisotopic (exact) mass is 425 g/mol. The topological polar surface area (TPSA) is 49.8 Å². The van der Waals surface area contributed by atoms with Crippen LogP contribution >= 0.6 is 22.6 Å². The molecule has 0 unspecified atom stereocenters. The molecule has 1 amide bonds. The Balaban J connectivity index is 2.24. The highest BCUT2D eigenvalue weighted by Gasteiger charge is 2.16. The van der Waals surface area contributed by atoms with Crippen LogP contribution in [0, 0.1) is 17.4 Å². The molecule has 0 aliphatic carbocycles. The third-order valence-corrected chi connectivity index (χ3v) is 4.20. The zero-order chi connectivity index (χ0) is 17.0. The van der Waals surface area contributed by atoms with Gasteiger partial charge >= 0.3 is 0 Å². The van der Waals surface area contributed by atoms with Gasteiger partial charge in [0.2, 0.25) is 5.91 Å². The van der Waals surface area contributed by atoms with Crippen molar-refractivity contribution in [1.29, 1.82) is 0 Å². The highest BCUT2D eigenvalue weighted by atomic mass is 127. The number of benzene rings is 2. The summed E-state index contributed by atoms with van der Waals surface area (Å²) in [7, 11) is 0. The van der Waals surface area contributed by atoms with E-state index < -0.39 is 0 Å². The van der Waals surface area contributed by atoms with Crippen molar-refractivity contribution < 1.29 is 14.7 Å². The second-order valence-corrected chi connectivity index (χ2v) is 6.64. The van der Waals surface area contributed by atoms with E-state index in [0.29, 0.717) is 10.8 Å². The third kappa shape index (κ3) is 4.45. The van der Waals surface area contributed by atoms with Gasteiger partial charge in [-0.3, -0.25) is 10.0 Å². The first-order valence-electron chi connectivity index (χ1n) is 7.42. The second kappa shape index (κ2) is 7.79. The molecule has 0 saturated heterocycles. The van der Waals surface area contributed by atoms with Gasteiger partial charge in [0.05, 0.1) is 5.69 Å². The Hall–Kier alpha value is -1.60. The summed E-state index contributed by atoms with van der Waals surface area (Å²) >= 11 is 2.15. The average Bonchev–Trinajstić information content (AvgIpc) is 2.53. The molecule has 0 bridgehead atoms. The highest BCUT2D eigenvalue weighted by molar-refractivity contribution is 14.1.